The molecule has 0 aliphatic carbocycles. The molecule has 1 aliphatic heterocycles. The van der Waals surface area contributed by atoms with Crippen molar-refractivity contribution in [2.24, 2.45) is 5.92 Å². The highest BCUT2D eigenvalue weighted by atomic mass is 16.5. The Morgan fingerprint density at radius 1 is 1.00 bits per heavy atom. The van der Waals surface area contributed by atoms with E-state index in [1.54, 1.807) is 54.5 Å². The van der Waals surface area contributed by atoms with E-state index in [1.165, 1.54) is 14.2 Å². The van der Waals surface area contributed by atoms with E-state index < -0.39 is 6.04 Å². The number of carbonyl (C=O) groups is 3. The van der Waals surface area contributed by atoms with E-state index in [2.05, 4.69) is 10.6 Å². The summed E-state index contributed by atoms with van der Waals surface area (Å²) in [4.78, 5) is 40.8. The second-order valence-corrected chi connectivity index (χ2v) is 8.30. The summed E-state index contributed by atoms with van der Waals surface area (Å²) in [6, 6.07) is 13.2. The zero-order chi connectivity index (χ0) is 25.2. The number of methoxy groups -OCH3 is 3. The van der Waals surface area contributed by atoms with Crippen molar-refractivity contribution in [3.05, 3.63) is 59.7 Å². The fourth-order valence-electron chi connectivity index (χ4n) is 4.20. The summed E-state index contributed by atoms with van der Waals surface area (Å²) >= 11 is 0. The standard InChI is InChI=1S/C26H33N3O6/c1-33-16-13-27-25(31)23(28-24(30)19-7-6-8-20(17-19)34-2)18-11-14-29(15-12-18)26(32)21-9-4-5-10-22(21)35-3/h4-10,17-18,23H,11-16H2,1-3H3,(H,27,31)(H,28,30). The van der Waals surface area contributed by atoms with Gasteiger partial charge < -0.3 is 29.7 Å². The molecule has 9 heteroatoms. The average Bonchev–Trinajstić information content (AvgIpc) is 2.91. The maximum Gasteiger partial charge on any atom is 0.257 e. The first kappa shape index (κ1) is 26.0. The summed E-state index contributed by atoms with van der Waals surface area (Å²) in [6.45, 7) is 1.65. The summed E-state index contributed by atoms with van der Waals surface area (Å²) < 4.78 is 15.6. The number of nitrogens with one attached hydrogen (secondary N) is 2. The highest BCUT2D eigenvalue weighted by molar-refractivity contribution is 5.98. The van der Waals surface area contributed by atoms with Crippen LogP contribution in [-0.4, -0.2) is 76.2 Å². The molecule has 1 aliphatic rings. The van der Waals surface area contributed by atoms with Crippen molar-refractivity contribution in [1.82, 2.24) is 15.5 Å². The minimum absolute atomic E-state index is 0.109. The van der Waals surface area contributed by atoms with Gasteiger partial charge in [0, 0.05) is 32.3 Å². The van der Waals surface area contributed by atoms with Crippen LogP contribution in [0, 0.1) is 5.92 Å². The smallest absolute Gasteiger partial charge is 0.257 e. The van der Waals surface area contributed by atoms with Gasteiger partial charge in [-0.2, -0.15) is 0 Å². The van der Waals surface area contributed by atoms with Crippen LogP contribution in [0.25, 0.3) is 0 Å². The molecule has 2 aromatic carbocycles. The number of nitrogens with zero attached hydrogens (tertiary/aromatic N) is 1. The van der Waals surface area contributed by atoms with Crippen LogP contribution < -0.4 is 20.1 Å². The highest BCUT2D eigenvalue weighted by Gasteiger charge is 2.34. The molecular formula is C26H33N3O6. The Bertz CT molecular complexity index is 1020. The molecule has 1 atom stereocenters. The summed E-state index contributed by atoms with van der Waals surface area (Å²) in [5.41, 5.74) is 0.913. The molecule has 1 saturated heterocycles. The average molecular weight is 484 g/mol. The van der Waals surface area contributed by atoms with Crippen LogP contribution in [0.4, 0.5) is 0 Å². The van der Waals surface area contributed by atoms with Crippen LogP contribution in [0.1, 0.15) is 33.6 Å². The quantitative estimate of drug-likeness (QED) is 0.502. The third kappa shape index (κ3) is 6.73. The Balaban J connectivity index is 1.70. The summed E-state index contributed by atoms with van der Waals surface area (Å²) in [5.74, 6) is 0.217. The lowest BCUT2D eigenvalue weighted by Crippen LogP contribution is -2.54. The summed E-state index contributed by atoms with van der Waals surface area (Å²) in [7, 11) is 4.63. The SMILES string of the molecule is COCCNC(=O)C(NC(=O)c1cccc(OC)c1)C1CCN(C(=O)c2ccccc2OC)CC1. The van der Waals surface area contributed by atoms with Crippen molar-refractivity contribution < 1.29 is 28.6 Å². The lowest BCUT2D eigenvalue weighted by Gasteiger charge is -2.36. The molecule has 3 amide bonds. The summed E-state index contributed by atoms with van der Waals surface area (Å²) in [5, 5.41) is 5.74. The van der Waals surface area contributed by atoms with Gasteiger partial charge in [0.15, 0.2) is 0 Å². The molecule has 2 N–H and O–H groups in total. The van der Waals surface area contributed by atoms with Gasteiger partial charge in [0.1, 0.15) is 17.5 Å². The fraction of sp³-hybridized carbons (Fsp3) is 0.423. The molecule has 1 unspecified atom stereocenters. The van der Waals surface area contributed by atoms with Gasteiger partial charge in [-0.1, -0.05) is 18.2 Å². The number of carbonyl (C=O) groups excluding carboxylic acids is 3. The van der Waals surface area contributed by atoms with E-state index >= 15 is 0 Å². The molecule has 0 bridgehead atoms. The zero-order valence-corrected chi connectivity index (χ0v) is 20.4. The zero-order valence-electron chi connectivity index (χ0n) is 20.4. The number of hydrogen-bond acceptors (Lipinski definition) is 6. The maximum absolute atomic E-state index is 13.1. The number of piperidine rings is 1. The molecule has 1 fully saturated rings. The third-order valence-electron chi connectivity index (χ3n) is 6.14. The van der Waals surface area contributed by atoms with Crippen molar-refractivity contribution in [2.75, 3.05) is 47.6 Å². The Morgan fingerprint density at radius 2 is 1.74 bits per heavy atom. The largest absolute Gasteiger partial charge is 0.497 e. The van der Waals surface area contributed by atoms with E-state index in [-0.39, 0.29) is 23.6 Å². The molecule has 0 aromatic heterocycles. The Labute approximate surface area is 205 Å². The Kier molecular flexibility index (Phi) is 9.48. The van der Waals surface area contributed by atoms with Gasteiger partial charge in [-0.05, 0) is 49.1 Å². The first-order valence-corrected chi connectivity index (χ1v) is 11.6. The first-order valence-electron chi connectivity index (χ1n) is 11.6. The molecule has 3 rings (SSSR count). The van der Waals surface area contributed by atoms with Crippen molar-refractivity contribution in [3.8, 4) is 11.5 Å². The van der Waals surface area contributed by atoms with E-state index in [0.717, 1.165) is 0 Å². The fourth-order valence-corrected chi connectivity index (χ4v) is 4.20. The predicted octanol–water partition coefficient (Wildman–Crippen LogP) is 2.12. The van der Waals surface area contributed by atoms with Gasteiger partial charge in [0.05, 0.1) is 26.4 Å². The summed E-state index contributed by atoms with van der Waals surface area (Å²) in [6.07, 6.45) is 1.14. The molecular weight excluding hydrogens is 450 g/mol. The lowest BCUT2D eigenvalue weighted by molar-refractivity contribution is -0.124. The molecule has 9 nitrogen and oxygen atoms in total. The van der Waals surface area contributed by atoms with Crippen molar-refractivity contribution in [1.29, 1.82) is 0 Å². The number of amides is 3. The molecule has 1 heterocycles. The van der Waals surface area contributed by atoms with Crippen LogP contribution in [0.15, 0.2) is 48.5 Å². The number of likely N-dealkylation sites (tertiary alicyclic amines) is 1. The van der Waals surface area contributed by atoms with Gasteiger partial charge in [-0.25, -0.2) is 0 Å². The van der Waals surface area contributed by atoms with Crippen LogP contribution in [0.2, 0.25) is 0 Å². The van der Waals surface area contributed by atoms with Crippen molar-refractivity contribution >= 4 is 17.7 Å². The number of ether oxygens (including phenoxy) is 3. The lowest BCUT2D eigenvalue weighted by atomic mass is 9.88. The topological polar surface area (TPSA) is 106 Å². The predicted molar refractivity (Wildman–Crippen MR) is 131 cm³/mol. The van der Waals surface area contributed by atoms with Gasteiger partial charge >= 0.3 is 0 Å². The van der Waals surface area contributed by atoms with Gasteiger partial charge in [-0.15, -0.1) is 0 Å². The minimum Gasteiger partial charge on any atom is -0.497 e. The number of para-hydroxylation sites is 1. The molecule has 0 spiro atoms. The highest BCUT2D eigenvalue weighted by Crippen LogP contribution is 2.26. The van der Waals surface area contributed by atoms with Crippen LogP contribution in [-0.2, 0) is 9.53 Å². The maximum atomic E-state index is 13.1. The van der Waals surface area contributed by atoms with Gasteiger partial charge in [0.25, 0.3) is 11.8 Å². The number of rotatable bonds is 10. The van der Waals surface area contributed by atoms with Crippen LogP contribution in [0.5, 0.6) is 11.5 Å². The van der Waals surface area contributed by atoms with Crippen LogP contribution in [0.3, 0.4) is 0 Å². The van der Waals surface area contributed by atoms with E-state index in [1.807, 2.05) is 6.07 Å². The van der Waals surface area contributed by atoms with Crippen molar-refractivity contribution in [3.63, 3.8) is 0 Å². The number of benzene rings is 2. The monoisotopic (exact) mass is 483 g/mol. The molecule has 0 saturated carbocycles. The molecule has 188 valence electrons. The van der Waals surface area contributed by atoms with Gasteiger partial charge in [-0.3, -0.25) is 14.4 Å². The van der Waals surface area contributed by atoms with E-state index in [4.69, 9.17) is 14.2 Å². The number of hydrogen-bond donors (Lipinski definition) is 2. The van der Waals surface area contributed by atoms with E-state index in [9.17, 15) is 14.4 Å². The Morgan fingerprint density at radius 3 is 2.43 bits per heavy atom. The third-order valence-corrected chi connectivity index (χ3v) is 6.14. The molecule has 2 aromatic rings. The Hall–Kier alpha value is -3.59. The minimum atomic E-state index is -0.742. The van der Waals surface area contributed by atoms with E-state index in [0.29, 0.717) is 61.7 Å². The normalized spacial score (nSPS) is 14.7. The van der Waals surface area contributed by atoms with Crippen LogP contribution >= 0.6 is 0 Å². The molecule has 0 radical (unpaired) electrons. The second kappa shape index (κ2) is 12.8. The van der Waals surface area contributed by atoms with Crippen molar-refractivity contribution in [2.45, 2.75) is 18.9 Å². The second-order valence-electron chi connectivity index (χ2n) is 8.30. The van der Waals surface area contributed by atoms with Gasteiger partial charge in [0.2, 0.25) is 5.91 Å². The molecule has 35 heavy (non-hydrogen) atoms. The first-order chi connectivity index (χ1) is 17.0.